The number of primary amides is 1. The molecule has 3 amide bonds. The lowest BCUT2D eigenvalue weighted by Gasteiger charge is -2.24. The van der Waals surface area contributed by atoms with E-state index in [1.807, 2.05) is 0 Å². The van der Waals surface area contributed by atoms with Crippen LogP contribution in [0.2, 0.25) is 10.0 Å². The van der Waals surface area contributed by atoms with E-state index in [1.165, 1.54) is 23.1 Å². The molecule has 2 aromatic rings. The van der Waals surface area contributed by atoms with E-state index in [1.54, 1.807) is 51.1 Å². The maximum absolute atomic E-state index is 13.5. The topological polar surface area (TPSA) is 122 Å². The number of benzene rings is 2. The van der Waals surface area contributed by atoms with Gasteiger partial charge in [-0.25, -0.2) is 4.79 Å². The van der Waals surface area contributed by atoms with Crippen LogP contribution < -0.4 is 16.0 Å². The molecule has 0 saturated heterocycles. The molecule has 0 saturated carbocycles. The third-order valence-corrected chi connectivity index (χ3v) is 5.67. The molecule has 1 atom stereocenters. The van der Waals surface area contributed by atoms with Crippen molar-refractivity contribution in [1.82, 2.24) is 5.32 Å². The Hall–Kier alpha value is -3.07. The first-order chi connectivity index (χ1) is 15.9. The summed E-state index contributed by atoms with van der Waals surface area (Å²) in [6, 6.07) is 9.12. The number of carbonyl (C=O) groups is 3. The van der Waals surface area contributed by atoms with Gasteiger partial charge in [-0.05, 0) is 39.0 Å². The Morgan fingerprint density at radius 2 is 1.85 bits per heavy atom. The first kappa shape index (κ1) is 25.6. The molecule has 1 heterocycles. The Kier molecular flexibility index (Phi) is 7.26. The van der Waals surface area contributed by atoms with Crippen LogP contribution in [0.1, 0.15) is 42.3 Å². The van der Waals surface area contributed by atoms with Crippen molar-refractivity contribution >= 4 is 46.8 Å². The SMILES string of the molecule is CC(C)(C)OC(=O)NCC=CCN1C(=O)C(O)(c2ccccc2Cl)c2c(Cl)cc(C(N)=O)cc21. The number of anilines is 1. The van der Waals surface area contributed by atoms with Gasteiger partial charge in [0, 0.05) is 34.8 Å². The van der Waals surface area contributed by atoms with E-state index < -0.39 is 29.1 Å². The number of fused-ring (bicyclic) bond motifs is 1. The van der Waals surface area contributed by atoms with Gasteiger partial charge in [-0.3, -0.25) is 9.59 Å². The summed E-state index contributed by atoms with van der Waals surface area (Å²) in [5.41, 5.74) is 3.22. The molecule has 4 N–H and O–H groups in total. The highest BCUT2D eigenvalue weighted by atomic mass is 35.5. The largest absolute Gasteiger partial charge is 0.444 e. The number of nitrogens with two attached hydrogens (primary N) is 1. The molecule has 0 aromatic heterocycles. The summed E-state index contributed by atoms with van der Waals surface area (Å²) in [5, 5.41) is 14.4. The van der Waals surface area contributed by atoms with Crippen molar-refractivity contribution in [3.8, 4) is 0 Å². The monoisotopic (exact) mass is 505 g/mol. The zero-order valence-corrected chi connectivity index (χ0v) is 20.4. The van der Waals surface area contributed by atoms with E-state index >= 15 is 0 Å². The molecular formula is C24H25Cl2N3O5. The van der Waals surface area contributed by atoms with Gasteiger partial charge >= 0.3 is 6.09 Å². The molecule has 8 nitrogen and oxygen atoms in total. The summed E-state index contributed by atoms with van der Waals surface area (Å²) in [6.45, 7) is 5.44. The highest BCUT2D eigenvalue weighted by Crippen LogP contribution is 2.49. The van der Waals surface area contributed by atoms with Gasteiger partial charge in [0.2, 0.25) is 5.91 Å². The molecule has 2 aromatic carbocycles. The van der Waals surface area contributed by atoms with Crippen LogP contribution in [-0.2, 0) is 15.1 Å². The summed E-state index contributed by atoms with van der Waals surface area (Å²) in [6.07, 6.45) is 2.68. The molecule has 1 unspecified atom stereocenters. The van der Waals surface area contributed by atoms with Crippen molar-refractivity contribution in [2.75, 3.05) is 18.0 Å². The summed E-state index contributed by atoms with van der Waals surface area (Å²) in [5.74, 6) is -1.42. The predicted molar refractivity (Wildman–Crippen MR) is 130 cm³/mol. The van der Waals surface area contributed by atoms with Gasteiger partial charge in [-0.15, -0.1) is 0 Å². The molecule has 0 radical (unpaired) electrons. The van der Waals surface area contributed by atoms with E-state index in [9.17, 15) is 19.5 Å². The molecule has 0 spiro atoms. The third-order valence-electron chi connectivity index (χ3n) is 5.04. The molecule has 0 fully saturated rings. The van der Waals surface area contributed by atoms with Gasteiger partial charge in [0.25, 0.3) is 5.91 Å². The number of alkyl carbamates (subject to hydrolysis) is 1. The molecule has 1 aliphatic heterocycles. The van der Waals surface area contributed by atoms with Crippen molar-refractivity contribution in [2.45, 2.75) is 32.0 Å². The van der Waals surface area contributed by atoms with E-state index in [0.29, 0.717) is 0 Å². The number of halogens is 2. The minimum absolute atomic E-state index is 0.000131. The van der Waals surface area contributed by atoms with Crippen LogP contribution in [0.3, 0.4) is 0 Å². The number of hydrogen-bond donors (Lipinski definition) is 3. The second-order valence-corrected chi connectivity index (χ2v) is 9.49. The maximum Gasteiger partial charge on any atom is 0.407 e. The van der Waals surface area contributed by atoms with Crippen molar-refractivity contribution < 1.29 is 24.2 Å². The van der Waals surface area contributed by atoms with Crippen molar-refractivity contribution in [2.24, 2.45) is 5.73 Å². The quantitative estimate of drug-likeness (QED) is 0.516. The van der Waals surface area contributed by atoms with E-state index in [-0.39, 0.29) is 45.5 Å². The Bertz CT molecular complexity index is 1180. The Labute approximate surface area is 207 Å². The lowest BCUT2D eigenvalue weighted by Crippen LogP contribution is -2.41. The molecule has 3 rings (SSSR count). The maximum atomic E-state index is 13.5. The average molecular weight is 506 g/mol. The zero-order valence-electron chi connectivity index (χ0n) is 18.9. The number of ether oxygens (including phenoxy) is 1. The van der Waals surface area contributed by atoms with Gasteiger partial charge in [-0.1, -0.05) is 53.6 Å². The van der Waals surface area contributed by atoms with Crippen molar-refractivity contribution in [1.29, 1.82) is 0 Å². The predicted octanol–water partition coefficient (Wildman–Crippen LogP) is 3.76. The van der Waals surface area contributed by atoms with Crippen LogP contribution in [0.25, 0.3) is 0 Å². The first-order valence-corrected chi connectivity index (χ1v) is 11.2. The number of hydrogen-bond acceptors (Lipinski definition) is 5. The molecule has 0 aliphatic carbocycles. The Morgan fingerprint density at radius 1 is 1.18 bits per heavy atom. The number of nitrogens with zero attached hydrogens (tertiary/aromatic N) is 1. The minimum atomic E-state index is -2.16. The van der Waals surface area contributed by atoms with Crippen molar-refractivity contribution in [3.05, 3.63) is 75.3 Å². The molecular weight excluding hydrogens is 481 g/mol. The summed E-state index contributed by atoms with van der Waals surface area (Å²) in [4.78, 5) is 38.4. The third kappa shape index (κ3) is 5.04. The first-order valence-electron chi connectivity index (χ1n) is 10.4. The van der Waals surface area contributed by atoms with E-state index in [0.717, 1.165) is 0 Å². The van der Waals surface area contributed by atoms with Crippen LogP contribution in [-0.4, -0.2) is 41.7 Å². The fourth-order valence-electron chi connectivity index (χ4n) is 3.62. The van der Waals surface area contributed by atoms with Crippen LogP contribution in [0.4, 0.5) is 10.5 Å². The summed E-state index contributed by atoms with van der Waals surface area (Å²) < 4.78 is 5.17. The fourth-order valence-corrected chi connectivity index (χ4v) is 4.25. The zero-order chi connectivity index (χ0) is 25.3. The second-order valence-electron chi connectivity index (χ2n) is 8.68. The van der Waals surface area contributed by atoms with Crippen LogP contribution in [0.5, 0.6) is 0 Å². The highest BCUT2D eigenvalue weighted by Gasteiger charge is 2.53. The lowest BCUT2D eigenvalue weighted by atomic mass is 9.87. The van der Waals surface area contributed by atoms with Gasteiger partial charge in [-0.2, -0.15) is 0 Å². The number of amides is 3. The average Bonchev–Trinajstić information content (AvgIpc) is 2.95. The van der Waals surface area contributed by atoms with E-state index in [4.69, 9.17) is 33.7 Å². The minimum Gasteiger partial charge on any atom is -0.444 e. The number of carbonyl (C=O) groups excluding carboxylic acids is 3. The number of nitrogens with one attached hydrogen (secondary N) is 1. The molecule has 34 heavy (non-hydrogen) atoms. The number of aliphatic hydroxyl groups is 1. The van der Waals surface area contributed by atoms with E-state index in [2.05, 4.69) is 5.32 Å². The van der Waals surface area contributed by atoms with Crippen LogP contribution >= 0.6 is 23.2 Å². The Balaban J connectivity index is 1.92. The molecule has 1 aliphatic rings. The number of rotatable bonds is 6. The van der Waals surface area contributed by atoms with Gasteiger partial charge in [0.05, 0.1) is 10.7 Å². The second kappa shape index (κ2) is 9.66. The molecule has 180 valence electrons. The summed E-state index contributed by atoms with van der Waals surface area (Å²) >= 11 is 12.8. The van der Waals surface area contributed by atoms with Gasteiger partial charge in [0.1, 0.15) is 5.60 Å². The Morgan fingerprint density at radius 3 is 2.47 bits per heavy atom. The molecule has 10 heteroatoms. The lowest BCUT2D eigenvalue weighted by molar-refractivity contribution is -0.132. The normalized spacial score (nSPS) is 17.7. The van der Waals surface area contributed by atoms with Gasteiger partial charge in [0.15, 0.2) is 5.60 Å². The fraction of sp³-hybridized carbons (Fsp3) is 0.292. The highest BCUT2D eigenvalue weighted by molar-refractivity contribution is 6.35. The molecule has 0 bridgehead atoms. The van der Waals surface area contributed by atoms with Crippen LogP contribution in [0.15, 0.2) is 48.6 Å². The van der Waals surface area contributed by atoms with Gasteiger partial charge < -0.3 is 25.8 Å². The van der Waals surface area contributed by atoms with Crippen molar-refractivity contribution in [3.63, 3.8) is 0 Å². The smallest absolute Gasteiger partial charge is 0.407 e. The van der Waals surface area contributed by atoms with Crippen LogP contribution in [0, 0.1) is 0 Å². The summed E-state index contributed by atoms with van der Waals surface area (Å²) in [7, 11) is 0. The standard InChI is InChI=1S/C24H25Cl2N3O5/c1-23(2,3)34-22(32)28-10-6-7-11-29-18-13-14(20(27)30)12-17(26)19(18)24(33,21(29)31)15-8-4-5-9-16(15)25/h4-9,12-13,33H,10-11H2,1-3H3,(H2,27,30)(H,28,32).